The lowest BCUT2D eigenvalue weighted by Gasteiger charge is -2.40. The smallest absolute Gasteiger partial charge is 0.335 e. The van der Waals surface area contributed by atoms with Gasteiger partial charge in [-0.25, -0.2) is 4.79 Å². The van der Waals surface area contributed by atoms with Crippen LogP contribution in [-0.2, 0) is 42.9 Å². The maximum absolute atomic E-state index is 13.2. The second-order valence-corrected chi connectivity index (χ2v) is 21.0. The molecule has 0 aromatic carbocycles. The van der Waals surface area contributed by atoms with Gasteiger partial charge in [0.1, 0.15) is 18.8 Å². The Morgan fingerprint density at radius 1 is 0.442 bits per heavy atom. The van der Waals surface area contributed by atoms with Crippen LogP contribution in [0.1, 0.15) is 265 Å². The van der Waals surface area contributed by atoms with Crippen molar-refractivity contribution in [2.75, 3.05) is 13.2 Å². The fourth-order valence-corrected chi connectivity index (χ4v) is 9.06. The standard InChI is InChI=1S/C65H110O12/c1-4-7-10-13-16-19-22-25-27-29-31-34-36-39-42-45-48-51-57(66)73-54-56(75-58(67)52-49-46-43-40-38-35-32-30-28-26-23-20-17-14-11-8-5-2)55-74-65-63(61(70)60(69)62(77-65)64(71)72)76-59(68)53-50-47-44-41-37-33-24-21-18-15-12-9-6-3/h9,12,16,18-19,21,25,27,33,37,44,47,56,60-63,65,69-70H,4-8,10-11,13-15,17,20,22-24,26,28-32,34-36,38-43,45-46,48-55H2,1-3H3,(H,71,72)/b12-9-,19-16-,21-18-,27-25-,37-33-,47-44-. The van der Waals surface area contributed by atoms with E-state index in [0.29, 0.717) is 25.7 Å². The monoisotopic (exact) mass is 1080 g/mol. The average Bonchev–Trinajstić information content (AvgIpc) is 3.42. The normalized spacial score (nSPS) is 18.5. The van der Waals surface area contributed by atoms with Crippen molar-refractivity contribution < 1.29 is 58.2 Å². The first-order valence-corrected chi connectivity index (χ1v) is 30.9. The molecule has 0 aromatic heterocycles. The second kappa shape index (κ2) is 52.8. The minimum atomic E-state index is -1.93. The summed E-state index contributed by atoms with van der Waals surface area (Å²) in [5.74, 6) is -3.22. The number of carboxylic acids is 1. The maximum Gasteiger partial charge on any atom is 0.335 e. The van der Waals surface area contributed by atoms with E-state index in [1.807, 2.05) is 18.2 Å². The van der Waals surface area contributed by atoms with Crippen LogP contribution < -0.4 is 0 Å². The molecule has 0 bridgehead atoms. The van der Waals surface area contributed by atoms with Gasteiger partial charge in [-0.2, -0.15) is 0 Å². The molecule has 1 aliphatic rings. The Balaban J connectivity index is 2.70. The van der Waals surface area contributed by atoms with E-state index in [9.17, 15) is 34.5 Å². The van der Waals surface area contributed by atoms with Gasteiger partial charge in [0.25, 0.3) is 0 Å². The molecule has 0 aromatic rings. The van der Waals surface area contributed by atoms with E-state index in [2.05, 4.69) is 75.5 Å². The van der Waals surface area contributed by atoms with Crippen molar-refractivity contribution in [2.45, 2.75) is 302 Å². The number of aliphatic hydroxyl groups is 2. The lowest BCUT2D eigenvalue weighted by molar-refractivity contribution is -0.301. The number of ether oxygens (including phenoxy) is 5. The number of allylic oxidation sites excluding steroid dienone is 12. The minimum absolute atomic E-state index is 0.0617. The number of hydrogen-bond donors (Lipinski definition) is 3. The molecule has 1 saturated heterocycles. The summed E-state index contributed by atoms with van der Waals surface area (Å²) in [6.45, 7) is 5.83. The Labute approximate surface area is 468 Å². The van der Waals surface area contributed by atoms with Gasteiger partial charge in [-0.15, -0.1) is 0 Å². The van der Waals surface area contributed by atoms with E-state index in [1.165, 1.54) is 122 Å². The minimum Gasteiger partial charge on any atom is -0.479 e. The van der Waals surface area contributed by atoms with Gasteiger partial charge in [-0.1, -0.05) is 241 Å². The molecule has 0 spiro atoms. The molecular formula is C65H110O12. The number of carboxylic acid groups (broad SMARTS) is 1. The fraction of sp³-hybridized carbons (Fsp3) is 0.754. The van der Waals surface area contributed by atoms with Crippen molar-refractivity contribution in [3.63, 3.8) is 0 Å². The van der Waals surface area contributed by atoms with Gasteiger partial charge in [0, 0.05) is 19.3 Å². The van der Waals surface area contributed by atoms with Gasteiger partial charge in [-0.3, -0.25) is 14.4 Å². The average molecular weight is 1080 g/mol. The van der Waals surface area contributed by atoms with Gasteiger partial charge in [0.05, 0.1) is 6.61 Å². The van der Waals surface area contributed by atoms with Crippen LogP contribution in [-0.4, -0.2) is 89.2 Å². The third-order valence-electron chi connectivity index (χ3n) is 13.8. The third kappa shape index (κ3) is 42.7. The molecule has 6 atom stereocenters. The van der Waals surface area contributed by atoms with Crippen LogP contribution >= 0.6 is 0 Å². The highest BCUT2D eigenvalue weighted by Crippen LogP contribution is 2.26. The van der Waals surface area contributed by atoms with E-state index in [0.717, 1.165) is 77.0 Å². The molecule has 0 aliphatic carbocycles. The zero-order chi connectivity index (χ0) is 56.1. The SMILES string of the molecule is CC/C=C\C/C=C\C/C=C\C/C=C\CCC(=O)OC1C(OCC(COC(=O)CCCCCCCCC/C=C\C/C=C\CCCCC)OC(=O)CCCCCCCCCCCCCCCCCCC)OC(C(=O)O)C(O)C1O. The molecule has 12 heteroatoms. The molecule has 0 radical (unpaired) electrons. The molecule has 1 heterocycles. The number of esters is 3. The van der Waals surface area contributed by atoms with Gasteiger partial charge >= 0.3 is 23.9 Å². The first kappa shape index (κ1) is 71.2. The van der Waals surface area contributed by atoms with Crippen LogP contribution in [0.4, 0.5) is 0 Å². The molecule has 1 fully saturated rings. The molecule has 0 amide bonds. The van der Waals surface area contributed by atoms with E-state index in [4.69, 9.17) is 23.7 Å². The number of carbonyl (C=O) groups is 4. The summed E-state index contributed by atoms with van der Waals surface area (Å²) >= 11 is 0. The predicted octanol–water partition coefficient (Wildman–Crippen LogP) is 16.1. The van der Waals surface area contributed by atoms with Crippen LogP contribution in [0.2, 0.25) is 0 Å². The molecule has 12 nitrogen and oxygen atoms in total. The second-order valence-electron chi connectivity index (χ2n) is 21.0. The van der Waals surface area contributed by atoms with Gasteiger partial charge in [0.15, 0.2) is 24.6 Å². The Bertz CT molecular complexity index is 1620. The van der Waals surface area contributed by atoms with Crippen LogP contribution in [0.15, 0.2) is 72.9 Å². The van der Waals surface area contributed by atoms with E-state index >= 15 is 0 Å². The number of carbonyl (C=O) groups excluding carboxylic acids is 3. The Morgan fingerprint density at radius 2 is 0.844 bits per heavy atom. The van der Waals surface area contributed by atoms with Gasteiger partial charge < -0.3 is 39.0 Å². The molecule has 1 aliphatic heterocycles. The first-order valence-electron chi connectivity index (χ1n) is 30.9. The maximum atomic E-state index is 13.2. The highest BCUT2D eigenvalue weighted by atomic mass is 16.7. The van der Waals surface area contributed by atoms with Crippen LogP contribution in [0.3, 0.4) is 0 Å². The van der Waals surface area contributed by atoms with Crippen molar-refractivity contribution in [1.29, 1.82) is 0 Å². The highest BCUT2D eigenvalue weighted by molar-refractivity contribution is 5.74. The summed E-state index contributed by atoms with van der Waals surface area (Å²) in [6.07, 6.45) is 54.6. The summed E-state index contributed by atoms with van der Waals surface area (Å²) in [5.41, 5.74) is 0. The number of aliphatic carboxylic acids is 1. The predicted molar refractivity (Wildman–Crippen MR) is 312 cm³/mol. The zero-order valence-electron chi connectivity index (χ0n) is 48.7. The molecule has 6 unspecified atom stereocenters. The summed E-state index contributed by atoms with van der Waals surface area (Å²) in [7, 11) is 0. The molecule has 0 saturated carbocycles. The largest absolute Gasteiger partial charge is 0.479 e. The van der Waals surface area contributed by atoms with Gasteiger partial charge in [0.2, 0.25) is 0 Å². The molecule has 77 heavy (non-hydrogen) atoms. The number of hydrogen-bond acceptors (Lipinski definition) is 11. The van der Waals surface area contributed by atoms with Crippen LogP contribution in [0, 0.1) is 0 Å². The summed E-state index contributed by atoms with van der Waals surface area (Å²) in [6, 6.07) is 0. The zero-order valence-corrected chi connectivity index (χ0v) is 48.7. The van der Waals surface area contributed by atoms with Crippen molar-refractivity contribution in [3.05, 3.63) is 72.9 Å². The van der Waals surface area contributed by atoms with Crippen LogP contribution in [0.5, 0.6) is 0 Å². The summed E-state index contributed by atoms with van der Waals surface area (Å²) < 4.78 is 28.4. The number of unbranched alkanes of at least 4 members (excludes halogenated alkanes) is 26. The van der Waals surface area contributed by atoms with Crippen molar-refractivity contribution in [1.82, 2.24) is 0 Å². The van der Waals surface area contributed by atoms with Gasteiger partial charge in [-0.05, 0) is 77.0 Å². The summed E-state index contributed by atoms with van der Waals surface area (Å²) in [5, 5.41) is 31.5. The van der Waals surface area contributed by atoms with Crippen molar-refractivity contribution >= 4 is 23.9 Å². The third-order valence-corrected chi connectivity index (χ3v) is 13.8. The van der Waals surface area contributed by atoms with E-state index in [1.54, 1.807) is 0 Å². The Hall–Kier alpha value is -3.84. The fourth-order valence-electron chi connectivity index (χ4n) is 9.06. The lowest BCUT2D eigenvalue weighted by atomic mass is 9.98. The quantitative estimate of drug-likeness (QED) is 0.0228. The van der Waals surface area contributed by atoms with Crippen molar-refractivity contribution in [2.24, 2.45) is 0 Å². The molecule has 3 N–H and O–H groups in total. The number of rotatable bonds is 52. The highest BCUT2D eigenvalue weighted by Gasteiger charge is 2.50. The molecule has 1 rings (SSSR count). The molecular weight excluding hydrogens is 973 g/mol. The Morgan fingerprint density at radius 3 is 1.32 bits per heavy atom. The topological polar surface area (TPSA) is 175 Å². The van der Waals surface area contributed by atoms with Crippen molar-refractivity contribution in [3.8, 4) is 0 Å². The van der Waals surface area contributed by atoms with Crippen LogP contribution in [0.25, 0.3) is 0 Å². The number of aliphatic hydroxyl groups excluding tert-OH is 2. The lowest BCUT2D eigenvalue weighted by Crippen LogP contribution is -2.61. The first-order chi connectivity index (χ1) is 37.6. The molecule has 442 valence electrons. The van der Waals surface area contributed by atoms with E-state index in [-0.39, 0.29) is 25.9 Å². The summed E-state index contributed by atoms with van der Waals surface area (Å²) in [4.78, 5) is 51.2. The van der Waals surface area contributed by atoms with E-state index < -0.39 is 67.3 Å². The Kier molecular flexibility index (Phi) is 48.8.